The number of aromatic nitrogens is 2. The number of rotatable bonds is 8. The second-order valence-corrected chi connectivity index (χ2v) is 5.19. The highest BCUT2D eigenvalue weighted by molar-refractivity contribution is 5.55. The lowest BCUT2D eigenvalue weighted by Crippen LogP contribution is -2.13. The van der Waals surface area contributed by atoms with Crippen molar-refractivity contribution in [1.82, 2.24) is 9.97 Å². The molecule has 0 saturated carbocycles. The predicted molar refractivity (Wildman–Crippen MR) is 88.3 cm³/mol. The Bertz CT molecular complexity index is 676. The van der Waals surface area contributed by atoms with E-state index in [2.05, 4.69) is 15.3 Å². The number of nitrogens with zero attached hydrogens (tertiary/aromatic N) is 2. The lowest BCUT2D eigenvalue weighted by atomic mass is 10.3. The van der Waals surface area contributed by atoms with Crippen LogP contribution >= 0.6 is 0 Å². The lowest BCUT2D eigenvalue weighted by molar-refractivity contribution is -0.139. The first-order valence-corrected chi connectivity index (χ1v) is 8.01. The highest BCUT2D eigenvalue weighted by Crippen LogP contribution is 2.35. The van der Waals surface area contributed by atoms with Crippen molar-refractivity contribution in [3.8, 4) is 11.6 Å². The zero-order valence-corrected chi connectivity index (χ0v) is 14.1. The van der Waals surface area contributed by atoms with Crippen molar-refractivity contribution >= 4 is 11.6 Å². The maximum atomic E-state index is 13.0. The minimum atomic E-state index is -4.57. The zero-order valence-electron chi connectivity index (χ0n) is 14.1. The molecule has 136 valence electrons. The van der Waals surface area contributed by atoms with Gasteiger partial charge in [0.2, 0.25) is 11.8 Å². The Morgan fingerprint density at radius 2 is 1.80 bits per heavy atom. The van der Waals surface area contributed by atoms with Crippen LogP contribution in [0.5, 0.6) is 11.6 Å². The number of alkyl halides is 3. The van der Waals surface area contributed by atoms with Crippen molar-refractivity contribution in [2.45, 2.75) is 32.9 Å². The van der Waals surface area contributed by atoms with Crippen LogP contribution in [-0.2, 0) is 6.18 Å². The number of hydrogen-bond donors (Lipinski definition) is 1. The molecule has 1 N–H and O–H groups in total. The second kappa shape index (κ2) is 8.55. The molecular formula is C17H20F3N3O2. The average Bonchev–Trinajstić information content (AvgIpc) is 2.56. The summed E-state index contributed by atoms with van der Waals surface area (Å²) in [4.78, 5) is 7.60. The third-order valence-electron chi connectivity index (χ3n) is 3.22. The SMILES string of the molecule is CCCCOc1nc(Nc2ccc(OCC)cc2)ncc1C(F)(F)F. The van der Waals surface area contributed by atoms with Gasteiger partial charge in [-0.2, -0.15) is 18.2 Å². The Morgan fingerprint density at radius 3 is 2.40 bits per heavy atom. The molecule has 0 radical (unpaired) electrons. The van der Waals surface area contributed by atoms with Crippen LogP contribution in [-0.4, -0.2) is 23.2 Å². The average molecular weight is 355 g/mol. The summed E-state index contributed by atoms with van der Waals surface area (Å²) in [7, 11) is 0. The minimum Gasteiger partial charge on any atom is -0.494 e. The molecule has 0 aliphatic heterocycles. The molecule has 0 aliphatic rings. The van der Waals surface area contributed by atoms with E-state index in [4.69, 9.17) is 9.47 Å². The summed E-state index contributed by atoms with van der Waals surface area (Å²) in [5.41, 5.74) is -0.358. The van der Waals surface area contributed by atoms with Gasteiger partial charge in [-0.1, -0.05) is 13.3 Å². The molecule has 2 aromatic rings. The fourth-order valence-corrected chi connectivity index (χ4v) is 1.97. The quantitative estimate of drug-likeness (QED) is 0.688. The summed E-state index contributed by atoms with van der Waals surface area (Å²) in [6.45, 7) is 4.52. The molecular weight excluding hydrogens is 335 g/mol. The van der Waals surface area contributed by atoms with Crippen molar-refractivity contribution in [3.63, 3.8) is 0 Å². The van der Waals surface area contributed by atoms with Crippen molar-refractivity contribution < 1.29 is 22.6 Å². The van der Waals surface area contributed by atoms with Gasteiger partial charge in [0.25, 0.3) is 0 Å². The normalized spacial score (nSPS) is 11.2. The fourth-order valence-electron chi connectivity index (χ4n) is 1.97. The van der Waals surface area contributed by atoms with E-state index in [9.17, 15) is 13.2 Å². The molecule has 0 saturated heterocycles. The zero-order chi connectivity index (χ0) is 18.3. The van der Waals surface area contributed by atoms with Crippen LogP contribution in [0.2, 0.25) is 0 Å². The molecule has 1 aromatic heterocycles. The third kappa shape index (κ3) is 5.51. The summed E-state index contributed by atoms with van der Waals surface area (Å²) >= 11 is 0. The largest absolute Gasteiger partial charge is 0.494 e. The van der Waals surface area contributed by atoms with Gasteiger partial charge in [-0.05, 0) is 37.6 Å². The van der Waals surface area contributed by atoms with Gasteiger partial charge in [0.15, 0.2) is 0 Å². The van der Waals surface area contributed by atoms with E-state index < -0.39 is 17.6 Å². The van der Waals surface area contributed by atoms with Crippen LogP contribution in [0, 0.1) is 0 Å². The van der Waals surface area contributed by atoms with Crippen molar-refractivity contribution in [2.75, 3.05) is 18.5 Å². The van der Waals surface area contributed by atoms with Crippen LogP contribution in [0.4, 0.5) is 24.8 Å². The smallest absolute Gasteiger partial charge is 0.423 e. The number of benzene rings is 1. The Kier molecular flexibility index (Phi) is 6.44. The van der Waals surface area contributed by atoms with Gasteiger partial charge < -0.3 is 14.8 Å². The number of hydrogen-bond acceptors (Lipinski definition) is 5. The highest BCUT2D eigenvalue weighted by Gasteiger charge is 2.36. The Hall–Kier alpha value is -2.51. The highest BCUT2D eigenvalue weighted by atomic mass is 19.4. The second-order valence-electron chi connectivity index (χ2n) is 5.19. The maximum absolute atomic E-state index is 13.0. The number of nitrogens with one attached hydrogen (secondary N) is 1. The van der Waals surface area contributed by atoms with Crippen LogP contribution in [0.15, 0.2) is 30.5 Å². The molecule has 0 aliphatic carbocycles. The Balaban J connectivity index is 2.18. The van der Waals surface area contributed by atoms with Crippen LogP contribution in [0.1, 0.15) is 32.3 Å². The number of ether oxygens (including phenoxy) is 2. The molecule has 0 bridgehead atoms. The van der Waals surface area contributed by atoms with Gasteiger partial charge in [0.1, 0.15) is 11.3 Å². The van der Waals surface area contributed by atoms with Crippen LogP contribution in [0.25, 0.3) is 0 Å². The minimum absolute atomic E-state index is 0.0312. The molecule has 5 nitrogen and oxygen atoms in total. The van der Waals surface area contributed by atoms with E-state index >= 15 is 0 Å². The van der Waals surface area contributed by atoms with Gasteiger partial charge in [0.05, 0.1) is 13.2 Å². The topological polar surface area (TPSA) is 56.3 Å². The first-order valence-electron chi connectivity index (χ1n) is 8.01. The predicted octanol–water partition coefficient (Wildman–Crippen LogP) is 4.82. The molecule has 1 aromatic carbocycles. The first kappa shape index (κ1) is 18.8. The molecule has 0 amide bonds. The van der Waals surface area contributed by atoms with Crippen molar-refractivity contribution in [3.05, 3.63) is 36.0 Å². The van der Waals surface area contributed by atoms with Gasteiger partial charge in [-0.25, -0.2) is 4.98 Å². The molecule has 25 heavy (non-hydrogen) atoms. The van der Waals surface area contributed by atoms with Gasteiger partial charge >= 0.3 is 6.18 Å². The summed E-state index contributed by atoms with van der Waals surface area (Å²) in [6.07, 6.45) is -2.39. The summed E-state index contributed by atoms with van der Waals surface area (Å²) in [5, 5.41) is 2.86. The van der Waals surface area contributed by atoms with E-state index in [1.165, 1.54) is 0 Å². The molecule has 0 unspecified atom stereocenters. The number of halogens is 3. The Morgan fingerprint density at radius 1 is 1.08 bits per heavy atom. The summed E-state index contributed by atoms with van der Waals surface area (Å²) < 4.78 is 49.7. The fraction of sp³-hybridized carbons (Fsp3) is 0.412. The van der Waals surface area contributed by atoms with E-state index in [0.29, 0.717) is 24.5 Å². The number of unbranched alkanes of at least 4 members (excludes halogenated alkanes) is 1. The van der Waals surface area contributed by atoms with Gasteiger partial charge in [-0.3, -0.25) is 0 Å². The molecule has 0 spiro atoms. The molecule has 0 fully saturated rings. The van der Waals surface area contributed by atoms with Crippen LogP contribution in [0.3, 0.4) is 0 Å². The van der Waals surface area contributed by atoms with E-state index in [-0.39, 0.29) is 12.6 Å². The monoisotopic (exact) mass is 355 g/mol. The molecule has 2 rings (SSSR count). The standard InChI is InChI=1S/C17H20F3N3O2/c1-3-5-10-25-15-14(17(18,19)20)11-21-16(23-15)22-12-6-8-13(9-7-12)24-4-2/h6-9,11H,3-5,10H2,1-2H3,(H,21,22,23). The Labute approximate surface area is 144 Å². The first-order chi connectivity index (χ1) is 11.9. The third-order valence-corrected chi connectivity index (χ3v) is 3.22. The van der Waals surface area contributed by atoms with Crippen LogP contribution < -0.4 is 14.8 Å². The van der Waals surface area contributed by atoms with E-state index in [1.54, 1.807) is 24.3 Å². The van der Waals surface area contributed by atoms with Crippen molar-refractivity contribution in [1.29, 1.82) is 0 Å². The maximum Gasteiger partial charge on any atom is 0.423 e. The van der Waals surface area contributed by atoms with Crippen molar-refractivity contribution in [2.24, 2.45) is 0 Å². The molecule has 0 atom stereocenters. The van der Waals surface area contributed by atoms with Gasteiger partial charge in [-0.15, -0.1) is 0 Å². The summed E-state index contributed by atoms with van der Waals surface area (Å²) in [6, 6.07) is 6.94. The lowest BCUT2D eigenvalue weighted by Gasteiger charge is -2.14. The summed E-state index contributed by atoms with van der Waals surface area (Å²) in [5.74, 6) is 0.262. The van der Waals surface area contributed by atoms with E-state index in [1.807, 2.05) is 13.8 Å². The van der Waals surface area contributed by atoms with Gasteiger partial charge in [0, 0.05) is 11.9 Å². The molecule has 8 heteroatoms. The van der Waals surface area contributed by atoms with E-state index in [0.717, 1.165) is 12.6 Å². The molecule has 1 heterocycles. The number of anilines is 2.